The quantitative estimate of drug-likeness (QED) is 0.811. The molecule has 2 aromatic rings. The van der Waals surface area contributed by atoms with Gasteiger partial charge >= 0.3 is 0 Å². The van der Waals surface area contributed by atoms with Crippen LogP contribution in [-0.4, -0.2) is 48.2 Å². The number of anilines is 1. The van der Waals surface area contributed by atoms with Gasteiger partial charge in [0.1, 0.15) is 5.82 Å². The van der Waals surface area contributed by atoms with E-state index in [2.05, 4.69) is 22.9 Å². The highest BCUT2D eigenvalue weighted by Crippen LogP contribution is 2.21. The number of likely N-dealkylation sites (N-methyl/N-ethyl adjacent to an activating group) is 1. The molecule has 0 saturated heterocycles. The van der Waals surface area contributed by atoms with E-state index in [1.54, 1.807) is 12.1 Å². The number of nitrogen functional groups attached to an aromatic ring is 1. The van der Waals surface area contributed by atoms with Crippen LogP contribution < -0.4 is 5.73 Å². The van der Waals surface area contributed by atoms with Gasteiger partial charge in [-0.2, -0.15) is 0 Å². The summed E-state index contributed by atoms with van der Waals surface area (Å²) in [6, 6.07) is 11.2. The highest BCUT2D eigenvalue weighted by atomic mass is 19.1. The monoisotopic (exact) mass is 357 g/mol. The Labute approximate surface area is 155 Å². The lowest BCUT2D eigenvalue weighted by molar-refractivity contribution is 0.184. The van der Waals surface area contributed by atoms with Crippen LogP contribution in [0.3, 0.4) is 0 Å². The van der Waals surface area contributed by atoms with E-state index in [4.69, 9.17) is 10.8 Å². The zero-order valence-electron chi connectivity index (χ0n) is 15.4. The fraction of sp³-hybridized carbons (Fsp3) is 0.429. The molecule has 0 unspecified atom stereocenters. The number of rotatable bonds is 2. The average molecular weight is 357 g/mol. The minimum absolute atomic E-state index is 0.121. The van der Waals surface area contributed by atoms with Crippen molar-refractivity contribution in [3.8, 4) is 0 Å². The lowest BCUT2D eigenvalue weighted by atomic mass is 9.99. The van der Waals surface area contributed by atoms with Crippen molar-refractivity contribution >= 4 is 5.69 Å². The summed E-state index contributed by atoms with van der Waals surface area (Å²) in [4.78, 5) is 4.46. The molecule has 4 nitrogen and oxygen atoms in total. The molecular formula is C21H28FN3O. The molecule has 2 aliphatic rings. The number of nitrogens with zero attached hydrogens (tertiary/aromatic N) is 2. The maximum atomic E-state index is 12.8. The van der Waals surface area contributed by atoms with Gasteiger partial charge in [-0.25, -0.2) is 4.39 Å². The highest BCUT2D eigenvalue weighted by molar-refractivity contribution is 5.45. The number of benzene rings is 2. The number of aliphatic hydroxyl groups is 1. The maximum Gasteiger partial charge on any atom is 0.123 e. The van der Waals surface area contributed by atoms with Gasteiger partial charge in [0.2, 0.25) is 0 Å². The van der Waals surface area contributed by atoms with E-state index in [0.717, 1.165) is 56.8 Å². The van der Waals surface area contributed by atoms with E-state index in [0.29, 0.717) is 0 Å². The summed E-state index contributed by atoms with van der Waals surface area (Å²) in [6.07, 6.45) is 2.11. The van der Waals surface area contributed by atoms with Gasteiger partial charge in [0.15, 0.2) is 0 Å². The van der Waals surface area contributed by atoms with Gasteiger partial charge in [-0.15, -0.1) is 0 Å². The minimum Gasteiger partial charge on any atom is -0.399 e. The predicted molar refractivity (Wildman–Crippen MR) is 103 cm³/mol. The number of fused-ring (bicyclic) bond motifs is 2. The van der Waals surface area contributed by atoms with Gasteiger partial charge in [0.05, 0.1) is 6.61 Å². The zero-order chi connectivity index (χ0) is 18.5. The summed E-state index contributed by atoms with van der Waals surface area (Å²) in [5.74, 6) is -0.121. The standard InChI is InChI=1S/C11H16N2O.C10H12FN/c12-11-2-1-9-3-4-13(5-6-14)8-10(9)7-11;1-12-5-4-8-2-3-10(11)6-9(8)7-12/h1-2,7,14H,3-6,8,12H2;2-3,6H,4-5,7H2,1H3. The molecule has 5 heteroatoms. The van der Waals surface area contributed by atoms with Crippen LogP contribution in [-0.2, 0) is 25.9 Å². The van der Waals surface area contributed by atoms with Gasteiger partial charge in [-0.3, -0.25) is 4.90 Å². The Balaban J connectivity index is 0.000000152. The molecule has 0 amide bonds. The normalized spacial score (nSPS) is 17.0. The van der Waals surface area contributed by atoms with Crippen molar-refractivity contribution in [3.63, 3.8) is 0 Å². The molecule has 2 heterocycles. The van der Waals surface area contributed by atoms with Gasteiger partial charge in [-0.1, -0.05) is 12.1 Å². The van der Waals surface area contributed by atoms with Crippen molar-refractivity contribution in [1.82, 2.24) is 9.80 Å². The smallest absolute Gasteiger partial charge is 0.123 e. The third kappa shape index (κ3) is 4.81. The summed E-state index contributed by atoms with van der Waals surface area (Å²) >= 11 is 0. The number of hydrogen-bond acceptors (Lipinski definition) is 4. The number of nitrogens with two attached hydrogens (primary N) is 1. The molecule has 0 bridgehead atoms. The Morgan fingerprint density at radius 3 is 2.42 bits per heavy atom. The van der Waals surface area contributed by atoms with Crippen molar-refractivity contribution in [1.29, 1.82) is 0 Å². The Morgan fingerprint density at radius 2 is 1.65 bits per heavy atom. The first-order chi connectivity index (χ1) is 12.5. The van der Waals surface area contributed by atoms with Crippen LogP contribution in [0.25, 0.3) is 0 Å². The third-order valence-corrected chi connectivity index (χ3v) is 5.11. The van der Waals surface area contributed by atoms with Crippen molar-refractivity contribution in [2.45, 2.75) is 25.9 Å². The summed E-state index contributed by atoms with van der Waals surface area (Å²) in [6.45, 7) is 4.91. The minimum atomic E-state index is -0.121. The zero-order valence-corrected chi connectivity index (χ0v) is 15.4. The fourth-order valence-corrected chi connectivity index (χ4v) is 3.63. The average Bonchev–Trinajstić information content (AvgIpc) is 2.62. The van der Waals surface area contributed by atoms with Crippen molar-refractivity contribution < 1.29 is 9.50 Å². The van der Waals surface area contributed by atoms with Crippen molar-refractivity contribution in [2.75, 3.05) is 39.0 Å². The number of halogens is 1. The van der Waals surface area contributed by atoms with Crippen LogP contribution in [0.15, 0.2) is 36.4 Å². The topological polar surface area (TPSA) is 52.7 Å². The molecule has 0 aromatic heterocycles. The molecule has 0 atom stereocenters. The van der Waals surface area contributed by atoms with Crippen molar-refractivity contribution in [3.05, 3.63) is 64.5 Å². The van der Waals surface area contributed by atoms with E-state index in [-0.39, 0.29) is 12.4 Å². The Kier molecular flexibility index (Phi) is 6.25. The molecule has 140 valence electrons. The summed E-state index contributed by atoms with van der Waals surface area (Å²) < 4.78 is 12.8. The molecule has 2 aromatic carbocycles. The second-order valence-corrected chi connectivity index (χ2v) is 7.18. The SMILES string of the molecule is CN1CCc2ccc(F)cc2C1.Nc1ccc2c(c1)CN(CCO)CC2. The van der Waals surface area contributed by atoms with Crippen LogP contribution in [0, 0.1) is 5.82 Å². The van der Waals surface area contributed by atoms with Gasteiger partial charge < -0.3 is 15.7 Å². The van der Waals surface area contributed by atoms with Crippen LogP contribution >= 0.6 is 0 Å². The van der Waals surface area contributed by atoms with E-state index in [1.165, 1.54) is 16.7 Å². The first-order valence-corrected chi connectivity index (χ1v) is 9.21. The largest absolute Gasteiger partial charge is 0.399 e. The van der Waals surface area contributed by atoms with Gasteiger partial charge in [0, 0.05) is 38.4 Å². The molecule has 0 radical (unpaired) electrons. The first kappa shape index (κ1) is 18.8. The van der Waals surface area contributed by atoms with Gasteiger partial charge in [0.25, 0.3) is 0 Å². The molecule has 0 fully saturated rings. The third-order valence-electron chi connectivity index (χ3n) is 5.11. The molecule has 26 heavy (non-hydrogen) atoms. The molecule has 4 rings (SSSR count). The first-order valence-electron chi connectivity index (χ1n) is 9.21. The molecule has 2 aliphatic heterocycles. The fourth-order valence-electron chi connectivity index (χ4n) is 3.63. The Hall–Kier alpha value is -1.95. The molecule has 0 aliphatic carbocycles. The molecule has 0 spiro atoms. The van der Waals surface area contributed by atoms with E-state index < -0.39 is 0 Å². The number of aliphatic hydroxyl groups excluding tert-OH is 1. The number of hydrogen-bond donors (Lipinski definition) is 2. The molecule has 0 saturated carbocycles. The lowest BCUT2D eigenvalue weighted by Crippen LogP contribution is -2.32. The van der Waals surface area contributed by atoms with E-state index in [9.17, 15) is 4.39 Å². The Bertz CT molecular complexity index is 750. The van der Waals surface area contributed by atoms with Crippen LogP contribution in [0.2, 0.25) is 0 Å². The van der Waals surface area contributed by atoms with E-state index >= 15 is 0 Å². The second kappa shape index (κ2) is 8.62. The van der Waals surface area contributed by atoms with Crippen LogP contribution in [0.5, 0.6) is 0 Å². The summed E-state index contributed by atoms with van der Waals surface area (Å²) in [5.41, 5.74) is 11.7. The van der Waals surface area contributed by atoms with Gasteiger partial charge in [-0.05, 0) is 66.4 Å². The summed E-state index contributed by atoms with van der Waals surface area (Å²) in [5, 5.41) is 8.85. The van der Waals surface area contributed by atoms with E-state index in [1.807, 2.05) is 18.2 Å². The Morgan fingerprint density at radius 1 is 0.962 bits per heavy atom. The van der Waals surface area contributed by atoms with Crippen LogP contribution in [0.1, 0.15) is 22.3 Å². The number of β-amino-alcohol motifs (C(OH)–C–C–N with tert-alkyl or cyclic N) is 1. The molecular weight excluding hydrogens is 329 g/mol. The maximum absolute atomic E-state index is 12.8. The second-order valence-electron chi connectivity index (χ2n) is 7.18. The summed E-state index contributed by atoms with van der Waals surface area (Å²) in [7, 11) is 2.06. The molecule has 3 N–H and O–H groups in total. The highest BCUT2D eigenvalue weighted by Gasteiger charge is 2.15. The predicted octanol–water partition coefficient (Wildman–Crippen LogP) is 2.43. The lowest BCUT2D eigenvalue weighted by Gasteiger charge is -2.28. The van der Waals surface area contributed by atoms with Crippen molar-refractivity contribution in [2.24, 2.45) is 0 Å². The van der Waals surface area contributed by atoms with Crippen LogP contribution in [0.4, 0.5) is 10.1 Å².